The minimum atomic E-state index is -0.208. The number of nitrogens with one attached hydrogen (secondary N) is 1. The van der Waals surface area contributed by atoms with Crippen LogP contribution in [-0.2, 0) is 18.0 Å². The summed E-state index contributed by atoms with van der Waals surface area (Å²) in [5, 5.41) is 5.63. The summed E-state index contributed by atoms with van der Waals surface area (Å²) in [6.07, 6.45) is 4.57. The minimum Gasteiger partial charge on any atom is -0.488 e. The number of aromatic nitrogens is 1. The molecule has 1 saturated heterocycles. The zero-order chi connectivity index (χ0) is 22.5. The van der Waals surface area contributed by atoms with Crippen LogP contribution in [0.15, 0.2) is 85.2 Å². The van der Waals surface area contributed by atoms with Gasteiger partial charge in [-0.1, -0.05) is 42.5 Å². The molecule has 1 N–H and O–H groups in total. The molecule has 1 fully saturated rings. The molecule has 5 heteroatoms. The topological polar surface area (TPSA) is 43.4 Å². The number of piperidine rings is 1. The van der Waals surface area contributed by atoms with Crippen molar-refractivity contribution in [2.75, 3.05) is 13.1 Å². The van der Waals surface area contributed by atoms with Crippen LogP contribution in [-0.4, -0.2) is 24.2 Å². The van der Waals surface area contributed by atoms with E-state index >= 15 is 0 Å². The number of benzene rings is 3. The number of rotatable bonds is 7. The number of fused-ring (bicyclic) bond motifs is 1. The summed E-state index contributed by atoms with van der Waals surface area (Å²) >= 11 is 0. The summed E-state index contributed by atoms with van der Waals surface area (Å²) in [7, 11) is 0. The second-order valence-electron chi connectivity index (χ2n) is 8.47. The first-order valence-electron chi connectivity index (χ1n) is 11.4. The molecule has 0 aliphatic carbocycles. The normalized spacial score (nSPS) is 18.3. The molecular formula is C28H27FN2O2. The molecule has 0 amide bonds. The van der Waals surface area contributed by atoms with Gasteiger partial charge in [0, 0.05) is 35.8 Å². The molecule has 0 spiro atoms. The first-order chi connectivity index (χ1) is 16.3. The van der Waals surface area contributed by atoms with E-state index in [1.54, 1.807) is 6.20 Å². The average molecular weight is 443 g/mol. The van der Waals surface area contributed by atoms with Gasteiger partial charge in [0.15, 0.2) is 0 Å². The molecule has 2 heterocycles. The summed E-state index contributed by atoms with van der Waals surface area (Å²) in [5.74, 6) is 0.876. The summed E-state index contributed by atoms with van der Waals surface area (Å²) < 4.78 is 26.0. The summed E-state index contributed by atoms with van der Waals surface area (Å²) in [6, 6.07) is 23.2. The Bertz CT molecular complexity index is 1200. The van der Waals surface area contributed by atoms with E-state index in [-0.39, 0.29) is 17.8 Å². The van der Waals surface area contributed by atoms with E-state index in [0.29, 0.717) is 13.2 Å². The SMILES string of the molecule is Fc1ccc(C2CCNCC2OCc2cc(OCc3cccnc3)c3ccccc3c2)cc1. The maximum atomic E-state index is 13.4. The van der Waals surface area contributed by atoms with Crippen molar-refractivity contribution in [1.29, 1.82) is 0 Å². The molecule has 2 atom stereocenters. The van der Waals surface area contributed by atoms with Gasteiger partial charge in [0.05, 0.1) is 12.7 Å². The van der Waals surface area contributed by atoms with Gasteiger partial charge in [-0.25, -0.2) is 4.39 Å². The smallest absolute Gasteiger partial charge is 0.127 e. The third-order valence-electron chi connectivity index (χ3n) is 6.19. The highest BCUT2D eigenvalue weighted by Gasteiger charge is 2.27. The van der Waals surface area contributed by atoms with Crippen LogP contribution in [0.2, 0.25) is 0 Å². The van der Waals surface area contributed by atoms with Crippen molar-refractivity contribution >= 4 is 10.8 Å². The van der Waals surface area contributed by atoms with Crippen molar-refractivity contribution in [2.45, 2.75) is 31.7 Å². The zero-order valence-corrected chi connectivity index (χ0v) is 18.4. The first kappa shape index (κ1) is 21.6. The third kappa shape index (κ3) is 5.21. The highest BCUT2D eigenvalue weighted by atomic mass is 19.1. The highest BCUT2D eigenvalue weighted by molar-refractivity contribution is 5.89. The lowest BCUT2D eigenvalue weighted by atomic mass is 9.88. The fourth-order valence-corrected chi connectivity index (χ4v) is 4.48. The molecule has 3 aromatic carbocycles. The van der Waals surface area contributed by atoms with E-state index in [9.17, 15) is 4.39 Å². The number of hydrogen-bond donors (Lipinski definition) is 1. The quantitative estimate of drug-likeness (QED) is 0.404. The monoisotopic (exact) mass is 442 g/mol. The molecule has 5 rings (SSSR count). The van der Waals surface area contributed by atoms with Crippen molar-refractivity contribution in [1.82, 2.24) is 10.3 Å². The fourth-order valence-electron chi connectivity index (χ4n) is 4.48. The van der Waals surface area contributed by atoms with Crippen LogP contribution in [0.4, 0.5) is 4.39 Å². The van der Waals surface area contributed by atoms with E-state index in [0.717, 1.165) is 52.7 Å². The Kier molecular flexibility index (Phi) is 6.61. The lowest BCUT2D eigenvalue weighted by molar-refractivity contribution is 0.0106. The van der Waals surface area contributed by atoms with Gasteiger partial charge in [-0.05, 0) is 59.8 Å². The van der Waals surface area contributed by atoms with E-state index in [1.165, 1.54) is 12.1 Å². The average Bonchev–Trinajstić information content (AvgIpc) is 2.87. The van der Waals surface area contributed by atoms with Gasteiger partial charge >= 0.3 is 0 Å². The van der Waals surface area contributed by atoms with Crippen LogP contribution < -0.4 is 10.1 Å². The molecule has 1 aromatic heterocycles. The lowest BCUT2D eigenvalue weighted by Gasteiger charge is -2.32. The molecule has 0 saturated carbocycles. The molecule has 0 radical (unpaired) electrons. The van der Waals surface area contributed by atoms with Gasteiger partial charge in [0.2, 0.25) is 0 Å². The van der Waals surface area contributed by atoms with Crippen molar-refractivity contribution in [3.63, 3.8) is 0 Å². The van der Waals surface area contributed by atoms with Gasteiger partial charge in [0.1, 0.15) is 18.2 Å². The predicted octanol–water partition coefficient (Wildman–Crippen LogP) is 5.62. The fraction of sp³-hybridized carbons (Fsp3) is 0.250. The molecule has 33 heavy (non-hydrogen) atoms. The second-order valence-corrected chi connectivity index (χ2v) is 8.47. The van der Waals surface area contributed by atoms with Crippen LogP contribution in [0.1, 0.15) is 29.0 Å². The molecule has 4 nitrogen and oxygen atoms in total. The van der Waals surface area contributed by atoms with Gasteiger partial charge in [0.25, 0.3) is 0 Å². The predicted molar refractivity (Wildman–Crippen MR) is 128 cm³/mol. The Morgan fingerprint density at radius 2 is 1.82 bits per heavy atom. The molecule has 4 aromatic rings. The maximum absolute atomic E-state index is 13.4. The van der Waals surface area contributed by atoms with Crippen molar-refractivity contribution in [3.8, 4) is 5.75 Å². The van der Waals surface area contributed by atoms with Crippen molar-refractivity contribution in [2.24, 2.45) is 0 Å². The number of hydrogen-bond acceptors (Lipinski definition) is 4. The first-order valence-corrected chi connectivity index (χ1v) is 11.4. The molecule has 2 unspecified atom stereocenters. The van der Waals surface area contributed by atoms with E-state index in [2.05, 4.69) is 34.6 Å². The lowest BCUT2D eigenvalue weighted by Crippen LogP contribution is -2.40. The Labute approximate surface area is 193 Å². The van der Waals surface area contributed by atoms with E-state index in [1.807, 2.05) is 42.6 Å². The summed E-state index contributed by atoms with van der Waals surface area (Å²) in [4.78, 5) is 4.17. The Balaban J connectivity index is 1.34. The minimum absolute atomic E-state index is 0.0236. The maximum Gasteiger partial charge on any atom is 0.127 e. The largest absolute Gasteiger partial charge is 0.488 e. The van der Waals surface area contributed by atoms with Crippen LogP contribution >= 0.6 is 0 Å². The molecule has 168 valence electrons. The summed E-state index contributed by atoms with van der Waals surface area (Å²) in [5.41, 5.74) is 3.22. The van der Waals surface area contributed by atoms with E-state index in [4.69, 9.17) is 9.47 Å². The molecule has 1 aliphatic rings. The van der Waals surface area contributed by atoms with Crippen molar-refractivity contribution < 1.29 is 13.9 Å². The van der Waals surface area contributed by atoms with Gasteiger partial charge < -0.3 is 14.8 Å². The van der Waals surface area contributed by atoms with Gasteiger partial charge in [-0.2, -0.15) is 0 Å². The third-order valence-corrected chi connectivity index (χ3v) is 6.19. The Hall–Kier alpha value is -3.28. The Morgan fingerprint density at radius 1 is 0.939 bits per heavy atom. The molecule has 1 aliphatic heterocycles. The standard InChI is InChI=1S/C28H27FN2O2/c29-24-9-7-22(8-10-24)26-11-13-31-17-28(26)33-19-21-14-23-5-1-2-6-25(23)27(15-21)32-18-20-4-3-12-30-16-20/h1-10,12,14-16,26,28,31H,11,13,17-19H2. The number of halogens is 1. The zero-order valence-electron chi connectivity index (χ0n) is 18.4. The van der Waals surface area contributed by atoms with Crippen LogP contribution in [0, 0.1) is 5.82 Å². The highest BCUT2D eigenvalue weighted by Crippen LogP contribution is 2.31. The number of nitrogens with zero attached hydrogens (tertiary/aromatic N) is 1. The van der Waals surface area contributed by atoms with Crippen LogP contribution in [0.25, 0.3) is 10.8 Å². The van der Waals surface area contributed by atoms with E-state index < -0.39 is 0 Å². The van der Waals surface area contributed by atoms with Crippen LogP contribution in [0.3, 0.4) is 0 Å². The molecule has 0 bridgehead atoms. The van der Waals surface area contributed by atoms with Gasteiger partial charge in [-0.15, -0.1) is 0 Å². The molecular weight excluding hydrogens is 415 g/mol. The second kappa shape index (κ2) is 10.1. The van der Waals surface area contributed by atoms with Crippen LogP contribution in [0.5, 0.6) is 5.75 Å². The van der Waals surface area contributed by atoms with Crippen molar-refractivity contribution in [3.05, 3.63) is 108 Å². The summed E-state index contributed by atoms with van der Waals surface area (Å²) in [6.45, 7) is 2.66. The number of pyridine rings is 1. The van der Waals surface area contributed by atoms with Gasteiger partial charge in [-0.3, -0.25) is 4.98 Å². The number of ether oxygens (including phenoxy) is 2. The Morgan fingerprint density at radius 3 is 2.67 bits per heavy atom.